The second kappa shape index (κ2) is 6.10. The summed E-state index contributed by atoms with van der Waals surface area (Å²) in [4.78, 5) is 2.26. The van der Waals surface area contributed by atoms with Crippen LogP contribution in [0, 0.1) is 0 Å². The molecule has 2 rings (SSSR count). The van der Waals surface area contributed by atoms with E-state index < -0.39 is 0 Å². The van der Waals surface area contributed by atoms with Gasteiger partial charge in [-0.05, 0) is 36.2 Å². The van der Waals surface area contributed by atoms with Gasteiger partial charge in [0, 0.05) is 19.3 Å². The van der Waals surface area contributed by atoms with Gasteiger partial charge in [0.2, 0.25) is 0 Å². The summed E-state index contributed by atoms with van der Waals surface area (Å²) in [5, 5.41) is 0. The second-order valence-corrected chi connectivity index (χ2v) is 4.36. The van der Waals surface area contributed by atoms with E-state index in [0.717, 1.165) is 18.7 Å². The first kappa shape index (κ1) is 12.5. The number of methoxy groups -OCH3 is 1. The van der Waals surface area contributed by atoms with Crippen LogP contribution in [0.4, 0.5) is 5.69 Å². The molecule has 0 saturated carbocycles. The largest absolute Gasteiger partial charge is 0.497 e. The van der Waals surface area contributed by atoms with Crippen LogP contribution in [0.3, 0.4) is 0 Å². The molecule has 2 aromatic rings. The highest BCUT2D eigenvalue weighted by Gasteiger charge is 2.01. The number of benzene rings is 2. The molecule has 0 unspecified atom stereocenters. The summed E-state index contributed by atoms with van der Waals surface area (Å²) >= 11 is 0. The van der Waals surface area contributed by atoms with Crippen molar-refractivity contribution >= 4 is 5.69 Å². The van der Waals surface area contributed by atoms with Crippen LogP contribution in [0.15, 0.2) is 54.6 Å². The van der Waals surface area contributed by atoms with E-state index in [0.29, 0.717) is 0 Å². The Hall–Kier alpha value is -1.96. The third kappa shape index (κ3) is 3.27. The average molecular weight is 241 g/mol. The Morgan fingerprint density at radius 2 is 1.61 bits per heavy atom. The Labute approximate surface area is 109 Å². The molecule has 0 amide bonds. The van der Waals surface area contributed by atoms with Gasteiger partial charge < -0.3 is 9.64 Å². The minimum Gasteiger partial charge on any atom is -0.497 e. The van der Waals surface area contributed by atoms with E-state index in [4.69, 9.17) is 4.74 Å². The lowest BCUT2D eigenvalue weighted by Crippen LogP contribution is -2.20. The molecule has 0 aliphatic carbocycles. The molecule has 0 aliphatic rings. The van der Waals surface area contributed by atoms with Crippen LogP contribution in [0.1, 0.15) is 5.56 Å². The molecule has 0 N–H and O–H groups in total. The fourth-order valence-corrected chi connectivity index (χ4v) is 1.91. The molecule has 0 fully saturated rings. The normalized spacial score (nSPS) is 10.1. The van der Waals surface area contributed by atoms with Crippen molar-refractivity contribution in [2.45, 2.75) is 6.42 Å². The van der Waals surface area contributed by atoms with E-state index in [1.165, 1.54) is 11.3 Å². The highest BCUT2D eigenvalue weighted by atomic mass is 16.5. The lowest BCUT2D eigenvalue weighted by molar-refractivity contribution is 0.415. The van der Waals surface area contributed by atoms with Gasteiger partial charge in [-0.25, -0.2) is 0 Å². The Morgan fingerprint density at radius 3 is 2.22 bits per heavy atom. The molecular weight excluding hydrogens is 222 g/mol. The van der Waals surface area contributed by atoms with Crippen molar-refractivity contribution in [2.75, 3.05) is 25.6 Å². The van der Waals surface area contributed by atoms with Gasteiger partial charge in [-0.2, -0.15) is 0 Å². The lowest BCUT2D eigenvalue weighted by atomic mass is 10.1. The Morgan fingerprint density at radius 1 is 0.944 bits per heavy atom. The highest BCUT2D eigenvalue weighted by molar-refractivity contribution is 5.48. The summed E-state index contributed by atoms with van der Waals surface area (Å²) in [6.07, 6.45) is 1.06. The maximum atomic E-state index is 5.16. The van der Waals surface area contributed by atoms with E-state index in [-0.39, 0.29) is 0 Å². The number of ether oxygens (including phenoxy) is 1. The number of likely N-dealkylation sites (N-methyl/N-ethyl adjacent to an activating group) is 1. The molecule has 2 aromatic carbocycles. The zero-order valence-electron chi connectivity index (χ0n) is 11.0. The fraction of sp³-hybridized carbons (Fsp3) is 0.250. The molecule has 0 aromatic heterocycles. The molecule has 18 heavy (non-hydrogen) atoms. The van der Waals surface area contributed by atoms with Gasteiger partial charge in [0.05, 0.1) is 7.11 Å². The van der Waals surface area contributed by atoms with Crippen LogP contribution in [0.25, 0.3) is 0 Å². The molecule has 0 bridgehead atoms. The monoisotopic (exact) mass is 241 g/mol. The van der Waals surface area contributed by atoms with Gasteiger partial charge in [-0.1, -0.05) is 30.3 Å². The predicted octanol–water partition coefficient (Wildman–Crippen LogP) is 3.37. The smallest absolute Gasteiger partial charge is 0.119 e. The molecule has 0 heterocycles. The van der Waals surface area contributed by atoms with Gasteiger partial charge in [0.15, 0.2) is 0 Å². The van der Waals surface area contributed by atoms with Crippen molar-refractivity contribution in [1.82, 2.24) is 0 Å². The first-order chi connectivity index (χ1) is 8.79. The van der Waals surface area contributed by atoms with E-state index in [1.807, 2.05) is 12.1 Å². The summed E-state index contributed by atoms with van der Waals surface area (Å²) < 4.78 is 5.16. The number of nitrogens with zero attached hydrogens (tertiary/aromatic N) is 1. The molecule has 94 valence electrons. The van der Waals surface area contributed by atoms with E-state index in [1.54, 1.807) is 7.11 Å². The van der Waals surface area contributed by atoms with Crippen LogP contribution in [-0.4, -0.2) is 20.7 Å². The van der Waals surface area contributed by atoms with Crippen LogP contribution < -0.4 is 9.64 Å². The molecule has 0 radical (unpaired) electrons. The van der Waals surface area contributed by atoms with Gasteiger partial charge in [0.25, 0.3) is 0 Å². The summed E-state index contributed by atoms with van der Waals surface area (Å²) in [5.41, 5.74) is 2.59. The van der Waals surface area contributed by atoms with Gasteiger partial charge in [-0.3, -0.25) is 0 Å². The zero-order valence-corrected chi connectivity index (χ0v) is 11.0. The molecule has 0 spiro atoms. The van der Waals surface area contributed by atoms with E-state index in [2.05, 4.69) is 54.4 Å². The van der Waals surface area contributed by atoms with E-state index >= 15 is 0 Å². The third-order valence-corrected chi connectivity index (χ3v) is 3.09. The van der Waals surface area contributed by atoms with Crippen molar-refractivity contribution < 1.29 is 4.74 Å². The number of anilines is 1. The minimum absolute atomic E-state index is 0.898. The maximum absolute atomic E-state index is 5.16. The van der Waals surface area contributed by atoms with Crippen molar-refractivity contribution in [3.63, 3.8) is 0 Å². The van der Waals surface area contributed by atoms with Crippen LogP contribution in [0.2, 0.25) is 0 Å². The van der Waals surface area contributed by atoms with Crippen molar-refractivity contribution in [1.29, 1.82) is 0 Å². The van der Waals surface area contributed by atoms with Crippen molar-refractivity contribution in [3.8, 4) is 5.75 Å². The van der Waals surface area contributed by atoms with Crippen molar-refractivity contribution in [3.05, 3.63) is 60.2 Å². The third-order valence-electron chi connectivity index (χ3n) is 3.09. The lowest BCUT2D eigenvalue weighted by Gasteiger charge is -2.19. The van der Waals surface area contributed by atoms with Gasteiger partial charge >= 0.3 is 0 Å². The molecule has 2 nitrogen and oxygen atoms in total. The van der Waals surface area contributed by atoms with Crippen LogP contribution in [0.5, 0.6) is 5.75 Å². The van der Waals surface area contributed by atoms with Crippen molar-refractivity contribution in [2.24, 2.45) is 0 Å². The summed E-state index contributed by atoms with van der Waals surface area (Å²) in [7, 11) is 3.80. The number of rotatable bonds is 5. The predicted molar refractivity (Wildman–Crippen MR) is 76.4 cm³/mol. The highest BCUT2D eigenvalue weighted by Crippen LogP contribution is 2.18. The topological polar surface area (TPSA) is 12.5 Å². The molecule has 2 heteroatoms. The van der Waals surface area contributed by atoms with Gasteiger partial charge in [-0.15, -0.1) is 0 Å². The Bertz CT molecular complexity index is 464. The quantitative estimate of drug-likeness (QED) is 0.795. The van der Waals surface area contributed by atoms with E-state index in [9.17, 15) is 0 Å². The SMILES string of the molecule is COc1ccc(N(C)CCc2ccccc2)cc1. The Balaban J connectivity index is 1.93. The van der Waals surface area contributed by atoms with Crippen LogP contribution in [-0.2, 0) is 6.42 Å². The molecule has 0 atom stereocenters. The fourth-order valence-electron chi connectivity index (χ4n) is 1.91. The first-order valence-electron chi connectivity index (χ1n) is 6.19. The summed E-state index contributed by atoms with van der Waals surface area (Å²) in [6, 6.07) is 18.7. The average Bonchev–Trinajstić information content (AvgIpc) is 2.46. The molecule has 0 saturated heterocycles. The number of hydrogen-bond donors (Lipinski definition) is 0. The second-order valence-electron chi connectivity index (χ2n) is 4.36. The standard InChI is InChI=1S/C16H19NO/c1-17(13-12-14-6-4-3-5-7-14)15-8-10-16(18-2)11-9-15/h3-11H,12-13H2,1-2H3. The van der Waals surface area contributed by atoms with Gasteiger partial charge in [0.1, 0.15) is 5.75 Å². The molecule has 0 aliphatic heterocycles. The Kier molecular flexibility index (Phi) is 4.24. The summed E-state index contributed by atoms with van der Waals surface area (Å²) in [6.45, 7) is 1.01. The first-order valence-corrected chi connectivity index (χ1v) is 6.19. The minimum atomic E-state index is 0.898. The molecular formula is C16H19NO. The number of hydrogen-bond acceptors (Lipinski definition) is 2. The summed E-state index contributed by atoms with van der Waals surface area (Å²) in [5.74, 6) is 0.898. The zero-order chi connectivity index (χ0) is 12.8. The van der Waals surface area contributed by atoms with Crippen LogP contribution >= 0.6 is 0 Å². The maximum Gasteiger partial charge on any atom is 0.119 e.